The van der Waals surface area contributed by atoms with Crippen LogP contribution in [0.1, 0.15) is 54.6 Å². The number of aromatic nitrogens is 1. The summed E-state index contributed by atoms with van der Waals surface area (Å²) in [4.78, 5) is 13.8. The number of H-pyrrole nitrogens is 1. The summed E-state index contributed by atoms with van der Waals surface area (Å²) >= 11 is 0. The van der Waals surface area contributed by atoms with Crippen LogP contribution in [-0.4, -0.2) is 16.1 Å². The number of carboxylic acids is 1. The zero-order valence-electron chi connectivity index (χ0n) is 8.99. The molecule has 15 heavy (non-hydrogen) atoms. The molecule has 1 aromatic heterocycles. The van der Waals surface area contributed by atoms with E-state index < -0.39 is 5.97 Å². The lowest BCUT2D eigenvalue weighted by atomic mass is 9.79. The fourth-order valence-corrected chi connectivity index (χ4v) is 2.62. The second-order valence-corrected chi connectivity index (χ2v) is 4.58. The fraction of sp³-hybridized carbons (Fsp3) is 0.583. The molecule has 0 aromatic carbocycles. The van der Waals surface area contributed by atoms with Crippen LogP contribution in [0.15, 0.2) is 12.3 Å². The Balaban J connectivity index is 2.21. The molecule has 1 fully saturated rings. The number of carbonyl (C=O) groups is 1. The van der Waals surface area contributed by atoms with Gasteiger partial charge >= 0.3 is 5.97 Å². The van der Waals surface area contributed by atoms with Crippen molar-refractivity contribution in [1.82, 2.24) is 4.98 Å². The molecule has 2 atom stereocenters. The quantitative estimate of drug-likeness (QED) is 0.783. The van der Waals surface area contributed by atoms with Gasteiger partial charge in [-0.1, -0.05) is 19.8 Å². The maximum Gasteiger partial charge on any atom is 0.352 e. The summed E-state index contributed by atoms with van der Waals surface area (Å²) in [6, 6.07) is 1.92. The van der Waals surface area contributed by atoms with Crippen LogP contribution in [0.3, 0.4) is 0 Å². The van der Waals surface area contributed by atoms with Crippen LogP contribution in [0.25, 0.3) is 0 Å². The van der Waals surface area contributed by atoms with Crippen LogP contribution in [-0.2, 0) is 0 Å². The van der Waals surface area contributed by atoms with E-state index in [0.29, 0.717) is 11.6 Å². The van der Waals surface area contributed by atoms with Gasteiger partial charge in [0.15, 0.2) is 0 Å². The summed E-state index contributed by atoms with van der Waals surface area (Å²) in [6.45, 7) is 2.25. The molecule has 2 unspecified atom stereocenters. The summed E-state index contributed by atoms with van der Waals surface area (Å²) in [7, 11) is 0. The minimum atomic E-state index is -0.840. The molecule has 0 aliphatic heterocycles. The van der Waals surface area contributed by atoms with Crippen molar-refractivity contribution >= 4 is 5.97 Å². The predicted octanol–water partition coefficient (Wildman–Crippen LogP) is 3.01. The number of aromatic carboxylic acids is 1. The zero-order chi connectivity index (χ0) is 10.8. The Morgan fingerprint density at radius 2 is 2.33 bits per heavy atom. The van der Waals surface area contributed by atoms with Gasteiger partial charge in [0.2, 0.25) is 0 Å². The first-order valence-electron chi connectivity index (χ1n) is 5.59. The Labute approximate surface area is 89.5 Å². The van der Waals surface area contributed by atoms with E-state index in [2.05, 4.69) is 11.9 Å². The second-order valence-electron chi connectivity index (χ2n) is 4.58. The largest absolute Gasteiger partial charge is 0.477 e. The molecule has 1 saturated carbocycles. The van der Waals surface area contributed by atoms with Crippen molar-refractivity contribution in [3.8, 4) is 0 Å². The van der Waals surface area contributed by atoms with E-state index >= 15 is 0 Å². The molecule has 1 aliphatic rings. The molecule has 2 N–H and O–H groups in total. The van der Waals surface area contributed by atoms with E-state index in [4.69, 9.17) is 5.11 Å². The highest BCUT2D eigenvalue weighted by Gasteiger charge is 2.24. The van der Waals surface area contributed by atoms with Crippen LogP contribution < -0.4 is 0 Å². The van der Waals surface area contributed by atoms with Gasteiger partial charge in [0.1, 0.15) is 5.69 Å². The van der Waals surface area contributed by atoms with Gasteiger partial charge in [-0.25, -0.2) is 4.79 Å². The van der Waals surface area contributed by atoms with Crippen molar-refractivity contribution in [3.05, 3.63) is 23.5 Å². The third kappa shape index (κ3) is 2.06. The highest BCUT2D eigenvalue weighted by Crippen LogP contribution is 2.37. The highest BCUT2D eigenvalue weighted by molar-refractivity contribution is 5.87. The maximum absolute atomic E-state index is 11.0. The van der Waals surface area contributed by atoms with Crippen LogP contribution in [0.5, 0.6) is 0 Å². The lowest BCUT2D eigenvalue weighted by Crippen LogP contribution is -2.14. The topological polar surface area (TPSA) is 53.1 Å². The second kappa shape index (κ2) is 4.09. The normalized spacial score (nSPS) is 26.5. The van der Waals surface area contributed by atoms with Gasteiger partial charge in [0.25, 0.3) is 0 Å². The Morgan fingerprint density at radius 3 is 3.00 bits per heavy atom. The minimum absolute atomic E-state index is 0.383. The van der Waals surface area contributed by atoms with Gasteiger partial charge in [0, 0.05) is 6.20 Å². The molecule has 0 amide bonds. The average Bonchev–Trinajstić information content (AvgIpc) is 2.65. The summed E-state index contributed by atoms with van der Waals surface area (Å²) in [6.07, 6.45) is 6.48. The number of carboxylic acid groups (broad SMARTS) is 1. The molecular weight excluding hydrogens is 190 g/mol. The molecule has 0 bridgehead atoms. The predicted molar refractivity (Wildman–Crippen MR) is 58.1 cm³/mol. The molecule has 82 valence electrons. The van der Waals surface area contributed by atoms with Crippen molar-refractivity contribution in [1.29, 1.82) is 0 Å². The lowest BCUT2D eigenvalue weighted by Gasteiger charge is -2.26. The molecular formula is C12H17NO2. The van der Waals surface area contributed by atoms with E-state index in [0.717, 1.165) is 24.3 Å². The molecule has 2 rings (SSSR count). The first kappa shape index (κ1) is 10.3. The number of hydrogen-bond acceptors (Lipinski definition) is 1. The van der Waals surface area contributed by atoms with Crippen LogP contribution in [0, 0.1) is 5.92 Å². The Hall–Kier alpha value is -1.25. The summed E-state index contributed by atoms with van der Waals surface area (Å²) in [5.41, 5.74) is 1.38. The van der Waals surface area contributed by atoms with Crippen molar-refractivity contribution in [2.24, 2.45) is 5.92 Å². The first-order chi connectivity index (χ1) is 7.18. The summed E-state index contributed by atoms with van der Waals surface area (Å²) < 4.78 is 0. The molecule has 0 radical (unpaired) electrons. The number of aromatic amines is 1. The van der Waals surface area contributed by atoms with Crippen molar-refractivity contribution in [2.75, 3.05) is 0 Å². The van der Waals surface area contributed by atoms with E-state index in [1.807, 2.05) is 6.07 Å². The van der Waals surface area contributed by atoms with Crippen LogP contribution in [0.4, 0.5) is 0 Å². The highest BCUT2D eigenvalue weighted by atomic mass is 16.4. The lowest BCUT2D eigenvalue weighted by molar-refractivity contribution is 0.0689. The van der Waals surface area contributed by atoms with E-state index in [1.165, 1.54) is 12.8 Å². The number of rotatable bonds is 2. The third-order valence-electron chi connectivity index (χ3n) is 3.37. The van der Waals surface area contributed by atoms with E-state index in [9.17, 15) is 4.79 Å². The Kier molecular flexibility index (Phi) is 2.80. The van der Waals surface area contributed by atoms with Gasteiger partial charge in [-0.2, -0.15) is 0 Å². The van der Waals surface area contributed by atoms with Gasteiger partial charge in [0.05, 0.1) is 0 Å². The minimum Gasteiger partial charge on any atom is -0.477 e. The molecule has 1 heterocycles. The number of hydrogen-bond donors (Lipinski definition) is 2. The molecule has 3 heteroatoms. The van der Waals surface area contributed by atoms with Crippen molar-refractivity contribution in [2.45, 2.75) is 38.5 Å². The molecule has 0 saturated heterocycles. The SMILES string of the molecule is CC1CCCC(c2cc[nH]c2C(=O)O)C1. The molecule has 0 spiro atoms. The number of nitrogens with one attached hydrogen (secondary N) is 1. The summed E-state index contributed by atoms with van der Waals surface area (Å²) in [5, 5.41) is 9.02. The smallest absolute Gasteiger partial charge is 0.352 e. The molecule has 3 nitrogen and oxygen atoms in total. The van der Waals surface area contributed by atoms with Gasteiger partial charge < -0.3 is 10.1 Å². The van der Waals surface area contributed by atoms with Crippen molar-refractivity contribution < 1.29 is 9.90 Å². The van der Waals surface area contributed by atoms with Crippen molar-refractivity contribution in [3.63, 3.8) is 0 Å². The Morgan fingerprint density at radius 1 is 1.53 bits per heavy atom. The van der Waals surface area contributed by atoms with Gasteiger partial charge in [-0.05, 0) is 36.3 Å². The standard InChI is InChI=1S/C12H17NO2/c1-8-3-2-4-9(7-8)10-5-6-13-11(10)12(14)15/h5-6,8-9,13H,2-4,7H2,1H3,(H,14,15). The van der Waals surface area contributed by atoms with Gasteiger partial charge in [-0.15, -0.1) is 0 Å². The van der Waals surface area contributed by atoms with E-state index in [-0.39, 0.29) is 0 Å². The van der Waals surface area contributed by atoms with Gasteiger partial charge in [-0.3, -0.25) is 0 Å². The zero-order valence-corrected chi connectivity index (χ0v) is 8.99. The fourth-order valence-electron chi connectivity index (χ4n) is 2.62. The third-order valence-corrected chi connectivity index (χ3v) is 3.37. The molecule has 1 aromatic rings. The van der Waals surface area contributed by atoms with E-state index in [1.54, 1.807) is 6.20 Å². The monoisotopic (exact) mass is 207 g/mol. The summed E-state index contributed by atoms with van der Waals surface area (Å²) in [5.74, 6) is 0.319. The van der Waals surface area contributed by atoms with Crippen LogP contribution >= 0.6 is 0 Å². The first-order valence-corrected chi connectivity index (χ1v) is 5.59. The average molecular weight is 207 g/mol. The van der Waals surface area contributed by atoms with Crippen LogP contribution in [0.2, 0.25) is 0 Å². The Bertz CT molecular complexity index is 356. The molecule has 1 aliphatic carbocycles. The maximum atomic E-state index is 11.0.